The molecule has 0 aliphatic rings. The number of benzene rings is 3. The van der Waals surface area contributed by atoms with Crippen molar-refractivity contribution in [1.82, 2.24) is 9.38 Å². The van der Waals surface area contributed by atoms with E-state index in [-0.39, 0.29) is 0 Å². The molecule has 5 aromatic rings. The second-order valence-electron chi connectivity index (χ2n) is 6.72. The molecule has 5 rings (SSSR count). The van der Waals surface area contributed by atoms with Gasteiger partial charge in [-0.15, -0.1) is 0 Å². The molecular formula is C23H18N2. The van der Waals surface area contributed by atoms with Gasteiger partial charge in [0.1, 0.15) is 5.65 Å². The zero-order chi connectivity index (χ0) is 17.0. The molecule has 2 heteroatoms. The van der Waals surface area contributed by atoms with Crippen molar-refractivity contribution in [3.63, 3.8) is 0 Å². The van der Waals surface area contributed by atoms with Crippen molar-refractivity contribution < 1.29 is 0 Å². The molecular weight excluding hydrogens is 304 g/mol. The maximum atomic E-state index is 4.78. The van der Waals surface area contributed by atoms with Gasteiger partial charge in [-0.1, -0.05) is 48.0 Å². The highest BCUT2D eigenvalue weighted by Crippen LogP contribution is 2.33. The molecule has 0 aliphatic heterocycles. The molecule has 0 aliphatic carbocycles. The molecule has 2 nitrogen and oxygen atoms in total. The first-order valence-electron chi connectivity index (χ1n) is 8.58. The molecule has 3 aromatic carbocycles. The van der Waals surface area contributed by atoms with E-state index in [2.05, 4.69) is 91.2 Å². The molecule has 0 saturated carbocycles. The first kappa shape index (κ1) is 14.2. The molecule has 0 unspecified atom stereocenters. The summed E-state index contributed by atoms with van der Waals surface area (Å²) in [6.45, 7) is 4.20. The zero-order valence-corrected chi connectivity index (χ0v) is 14.3. The summed E-state index contributed by atoms with van der Waals surface area (Å²) in [4.78, 5) is 4.78. The molecule has 120 valence electrons. The van der Waals surface area contributed by atoms with E-state index in [1.165, 1.54) is 38.4 Å². The van der Waals surface area contributed by atoms with Crippen molar-refractivity contribution in [2.45, 2.75) is 13.8 Å². The van der Waals surface area contributed by atoms with Crippen LogP contribution in [0.1, 0.15) is 11.3 Å². The number of rotatable bonds is 1. The summed E-state index contributed by atoms with van der Waals surface area (Å²) >= 11 is 0. The van der Waals surface area contributed by atoms with Gasteiger partial charge < -0.3 is 0 Å². The highest BCUT2D eigenvalue weighted by Gasteiger charge is 2.11. The third kappa shape index (κ3) is 2.14. The van der Waals surface area contributed by atoms with Gasteiger partial charge in [0, 0.05) is 17.0 Å². The van der Waals surface area contributed by atoms with Crippen LogP contribution in [0.15, 0.2) is 72.9 Å². The highest BCUT2D eigenvalue weighted by molar-refractivity contribution is 6.13. The van der Waals surface area contributed by atoms with Crippen molar-refractivity contribution in [2.75, 3.05) is 0 Å². The number of hydrogen-bond acceptors (Lipinski definition) is 1. The Labute approximate surface area is 146 Å². The van der Waals surface area contributed by atoms with E-state index < -0.39 is 0 Å². The van der Waals surface area contributed by atoms with Gasteiger partial charge in [0.25, 0.3) is 0 Å². The van der Waals surface area contributed by atoms with Gasteiger partial charge in [0.15, 0.2) is 0 Å². The third-order valence-electron chi connectivity index (χ3n) is 4.90. The molecule has 0 N–H and O–H groups in total. The Kier molecular flexibility index (Phi) is 2.95. The van der Waals surface area contributed by atoms with Gasteiger partial charge in [0.05, 0.1) is 11.2 Å². The summed E-state index contributed by atoms with van der Waals surface area (Å²) in [5.41, 5.74) is 7.03. The average Bonchev–Trinajstić information content (AvgIpc) is 3.04. The standard InChI is InChI=1S/C23H18N2/c1-15-8-11-22-21(12-15)20-13-18(17-6-4-3-5-7-17)9-10-19(20)23-24-16(2)14-25(22)23/h3-14H,1-2H3. The minimum Gasteiger partial charge on any atom is -0.299 e. The van der Waals surface area contributed by atoms with Gasteiger partial charge >= 0.3 is 0 Å². The fourth-order valence-electron chi connectivity index (χ4n) is 3.72. The van der Waals surface area contributed by atoms with E-state index in [0.29, 0.717) is 0 Å². The largest absolute Gasteiger partial charge is 0.299 e. The second kappa shape index (κ2) is 5.18. The van der Waals surface area contributed by atoms with Crippen LogP contribution < -0.4 is 0 Å². The van der Waals surface area contributed by atoms with Crippen molar-refractivity contribution >= 4 is 27.3 Å². The Morgan fingerprint density at radius 3 is 2.40 bits per heavy atom. The monoisotopic (exact) mass is 322 g/mol. The lowest BCUT2D eigenvalue weighted by molar-refractivity contribution is 1.26. The maximum absolute atomic E-state index is 4.78. The molecule has 0 bridgehead atoms. The topological polar surface area (TPSA) is 17.3 Å². The average molecular weight is 322 g/mol. The van der Waals surface area contributed by atoms with Gasteiger partial charge in [0.2, 0.25) is 0 Å². The van der Waals surface area contributed by atoms with Gasteiger partial charge in [-0.3, -0.25) is 4.40 Å². The number of aromatic nitrogens is 2. The predicted octanol–water partition coefficient (Wildman–Crippen LogP) is 5.92. The van der Waals surface area contributed by atoms with E-state index in [4.69, 9.17) is 4.98 Å². The summed E-state index contributed by atoms with van der Waals surface area (Å²) in [5.74, 6) is 0. The van der Waals surface area contributed by atoms with E-state index in [9.17, 15) is 0 Å². The SMILES string of the molecule is Cc1ccc2c(c1)c1cc(-c3ccccc3)ccc1c1nc(C)cn21. The number of hydrogen-bond donors (Lipinski definition) is 0. The molecule has 0 amide bonds. The Balaban J connectivity index is 1.97. The summed E-state index contributed by atoms with van der Waals surface area (Å²) in [6.07, 6.45) is 2.12. The smallest absolute Gasteiger partial charge is 0.145 e. The molecule has 0 atom stereocenters. The van der Waals surface area contributed by atoms with Crippen LogP contribution in [-0.4, -0.2) is 9.38 Å². The molecule has 2 aromatic heterocycles. The number of imidazole rings is 1. The predicted molar refractivity (Wildman–Crippen MR) is 105 cm³/mol. The lowest BCUT2D eigenvalue weighted by atomic mass is 9.98. The van der Waals surface area contributed by atoms with Crippen molar-refractivity contribution in [3.05, 3.63) is 84.2 Å². The highest BCUT2D eigenvalue weighted by atomic mass is 15.0. The summed E-state index contributed by atoms with van der Waals surface area (Å²) in [5, 5.41) is 3.74. The number of fused-ring (bicyclic) bond motifs is 6. The Hall–Kier alpha value is -3.13. The minimum absolute atomic E-state index is 1.03. The lowest BCUT2D eigenvalue weighted by Gasteiger charge is -2.11. The van der Waals surface area contributed by atoms with Gasteiger partial charge in [-0.05, 0) is 54.6 Å². The Morgan fingerprint density at radius 2 is 1.56 bits per heavy atom. The molecule has 0 spiro atoms. The molecule has 0 radical (unpaired) electrons. The van der Waals surface area contributed by atoms with Crippen molar-refractivity contribution in [1.29, 1.82) is 0 Å². The number of aryl methyl sites for hydroxylation is 2. The normalized spacial score (nSPS) is 11.6. The van der Waals surface area contributed by atoms with Crippen LogP contribution >= 0.6 is 0 Å². The van der Waals surface area contributed by atoms with Crippen LogP contribution in [0.5, 0.6) is 0 Å². The first-order chi connectivity index (χ1) is 12.2. The van der Waals surface area contributed by atoms with E-state index >= 15 is 0 Å². The van der Waals surface area contributed by atoms with Gasteiger partial charge in [-0.25, -0.2) is 4.98 Å². The molecule has 0 saturated heterocycles. The molecule has 25 heavy (non-hydrogen) atoms. The van der Waals surface area contributed by atoms with Crippen LogP contribution in [-0.2, 0) is 0 Å². The lowest BCUT2D eigenvalue weighted by Crippen LogP contribution is -1.91. The summed E-state index contributed by atoms with van der Waals surface area (Å²) in [6, 6.07) is 23.9. The Bertz CT molecular complexity index is 1250. The fourth-order valence-corrected chi connectivity index (χ4v) is 3.72. The van der Waals surface area contributed by atoms with E-state index in [1.807, 2.05) is 0 Å². The minimum atomic E-state index is 1.03. The number of pyridine rings is 1. The summed E-state index contributed by atoms with van der Waals surface area (Å²) in [7, 11) is 0. The maximum Gasteiger partial charge on any atom is 0.145 e. The zero-order valence-electron chi connectivity index (χ0n) is 14.3. The molecule has 2 heterocycles. The van der Waals surface area contributed by atoms with Crippen molar-refractivity contribution in [3.8, 4) is 11.1 Å². The van der Waals surface area contributed by atoms with Crippen LogP contribution in [0.3, 0.4) is 0 Å². The van der Waals surface area contributed by atoms with Crippen LogP contribution in [0, 0.1) is 13.8 Å². The fraction of sp³-hybridized carbons (Fsp3) is 0.0870. The second-order valence-corrected chi connectivity index (χ2v) is 6.72. The van der Waals surface area contributed by atoms with Crippen molar-refractivity contribution in [2.24, 2.45) is 0 Å². The van der Waals surface area contributed by atoms with E-state index in [0.717, 1.165) is 11.3 Å². The van der Waals surface area contributed by atoms with Crippen LogP contribution in [0.4, 0.5) is 0 Å². The summed E-state index contributed by atoms with van der Waals surface area (Å²) < 4.78 is 2.22. The van der Waals surface area contributed by atoms with Crippen LogP contribution in [0.25, 0.3) is 38.4 Å². The van der Waals surface area contributed by atoms with E-state index in [1.54, 1.807) is 0 Å². The van der Waals surface area contributed by atoms with Gasteiger partial charge in [-0.2, -0.15) is 0 Å². The molecule has 0 fully saturated rings. The quantitative estimate of drug-likeness (QED) is 0.350. The number of nitrogens with zero attached hydrogens (tertiary/aromatic N) is 2. The van der Waals surface area contributed by atoms with Crippen LogP contribution in [0.2, 0.25) is 0 Å². The third-order valence-corrected chi connectivity index (χ3v) is 4.90. The Morgan fingerprint density at radius 1 is 0.720 bits per heavy atom. The first-order valence-corrected chi connectivity index (χ1v) is 8.58.